The topological polar surface area (TPSA) is 105 Å². The van der Waals surface area contributed by atoms with Gasteiger partial charge in [0.1, 0.15) is 24.1 Å². The molecule has 1 N–H and O–H groups in total. The Bertz CT molecular complexity index is 1410. The summed E-state index contributed by atoms with van der Waals surface area (Å²) in [6.45, 7) is 2.93. The van der Waals surface area contributed by atoms with Crippen LogP contribution in [0.2, 0.25) is 5.02 Å². The van der Waals surface area contributed by atoms with Crippen molar-refractivity contribution in [3.8, 4) is 11.5 Å². The maximum absolute atomic E-state index is 13.8. The highest BCUT2D eigenvalue weighted by atomic mass is 35.5. The molecule has 0 spiro atoms. The normalized spacial score (nSPS) is 11.8. The van der Waals surface area contributed by atoms with Crippen LogP contribution in [0.25, 0.3) is 0 Å². The third-order valence-corrected chi connectivity index (χ3v) is 8.32. The van der Waals surface area contributed by atoms with Gasteiger partial charge in [0.05, 0.1) is 29.8 Å². The molecule has 3 aromatic rings. The van der Waals surface area contributed by atoms with Crippen LogP contribution in [0.15, 0.2) is 71.6 Å². The Morgan fingerprint density at radius 1 is 0.974 bits per heavy atom. The first-order chi connectivity index (χ1) is 18.5. The summed E-state index contributed by atoms with van der Waals surface area (Å²) < 4.78 is 39.1. The molecule has 0 unspecified atom stereocenters. The van der Waals surface area contributed by atoms with E-state index in [1.165, 1.54) is 49.4 Å². The molecule has 0 heterocycles. The zero-order valence-electron chi connectivity index (χ0n) is 22.5. The highest BCUT2D eigenvalue weighted by molar-refractivity contribution is 7.92. The molecule has 0 aromatic heterocycles. The van der Waals surface area contributed by atoms with Crippen molar-refractivity contribution in [3.63, 3.8) is 0 Å². The highest BCUT2D eigenvalue weighted by Gasteiger charge is 2.32. The molecular weight excluding hydrogens is 542 g/mol. The lowest BCUT2D eigenvalue weighted by atomic mass is 10.1. The fourth-order valence-corrected chi connectivity index (χ4v) is 5.55. The second-order valence-corrected chi connectivity index (χ2v) is 11.1. The number of amides is 2. The maximum Gasteiger partial charge on any atom is 0.264 e. The van der Waals surface area contributed by atoms with Gasteiger partial charge in [-0.2, -0.15) is 0 Å². The summed E-state index contributed by atoms with van der Waals surface area (Å²) in [4.78, 5) is 27.7. The number of methoxy groups -OCH3 is 2. The summed E-state index contributed by atoms with van der Waals surface area (Å²) in [6.07, 6.45) is 0. The summed E-state index contributed by atoms with van der Waals surface area (Å²) in [7, 11) is 0.270. The van der Waals surface area contributed by atoms with Crippen molar-refractivity contribution in [1.29, 1.82) is 0 Å². The van der Waals surface area contributed by atoms with Gasteiger partial charge < -0.3 is 19.7 Å². The van der Waals surface area contributed by atoms with Crippen LogP contribution in [-0.2, 0) is 26.2 Å². The van der Waals surface area contributed by atoms with Gasteiger partial charge in [-0.05, 0) is 61.9 Å². The van der Waals surface area contributed by atoms with E-state index in [0.29, 0.717) is 11.5 Å². The number of likely N-dealkylation sites (N-methyl/N-ethyl adjacent to an activating group) is 1. The van der Waals surface area contributed by atoms with Crippen LogP contribution in [0.5, 0.6) is 11.5 Å². The fraction of sp³-hybridized carbons (Fsp3) is 0.286. The van der Waals surface area contributed by atoms with E-state index in [-0.39, 0.29) is 22.2 Å². The lowest BCUT2D eigenvalue weighted by Gasteiger charge is -2.32. The van der Waals surface area contributed by atoms with Crippen LogP contribution in [-0.4, -0.2) is 59.0 Å². The maximum atomic E-state index is 13.8. The van der Waals surface area contributed by atoms with Crippen molar-refractivity contribution < 1.29 is 27.5 Å². The van der Waals surface area contributed by atoms with E-state index in [0.717, 1.165) is 15.4 Å². The largest absolute Gasteiger partial charge is 0.497 e. The number of hydrogen-bond donors (Lipinski definition) is 1. The minimum absolute atomic E-state index is 0.00824. The van der Waals surface area contributed by atoms with E-state index in [1.54, 1.807) is 50.4 Å². The third kappa shape index (κ3) is 7.01. The number of halogens is 1. The summed E-state index contributed by atoms with van der Waals surface area (Å²) in [6, 6.07) is 17.0. The number of anilines is 1. The second-order valence-electron chi connectivity index (χ2n) is 8.80. The number of hydrogen-bond acceptors (Lipinski definition) is 6. The van der Waals surface area contributed by atoms with Gasteiger partial charge in [-0.3, -0.25) is 13.9 Å². The standard InChI is InChI=1S/C28H32ClN3O6S/c1-19-6-13-24(14-7-19)39(35,36)32(22-10-15-26(38-5)25(29)16-22)18-27(33)31(20(2)28(34)30-3)17-21-8-11-23(37-4)12-9-21/h6-16,20H,17-18H2,1-5H3,(H,30,34)/t20-/m1/s1. The summed E-state index contributed by atoms with van der Waals surface area (Å²) in [5.74, 6) is 0.0263. The molecule has 0 saturated heterocycles. The number of sulfonamides is 1. The van der Waals surface area contributed by atoms with Gasteiger partial charge in [-0.15, -0.1) is 0 Å². The first kappa shape index (κ1) is 29.8. The molecule has 11 heteroatoms. The first-order valence-corrected chi connectivity index (χ1v) is 13.9. The molecule has 0 fully saturated rings. The van der Waals surface area contributed by atoms with Gasteiger partial charge in [0, 0.05) is 13.6 Å². The second kappa shape index (κ2) is 12.9. The first-order valence-electron chi connectivity index (χ1n) is 12.1. The Labute approximate surface area is 234 Å². The molecule has 0 aliphatic rings. The Morgan fingerprint density at radius 3 is 2.15 bits per heavy atom. The van der Waals surface area contributed by atoms with Crippen molar-refractivity contribution >= 4 is 39.1 Å². The number of carbonyl (C=O) groups is 2. The smallest absolute Gasteiger partial charge is 0.264 e. The molecule has 0 radical (unpaired) electrons. The number of nitrogens with zero attached hydrogens (tertiary/aromatic N) is 2. The predicted molar refractivity (Wildman–Crippen MR) is 151 cm³/mol. The Morgan fingerprint density at radius 2 is 1.62 bits per heavy atom. The van der Waals surface area contributed by atoms with E-state index < -0.39 is 34.4 Å². The van der Waals surface area contributed by atoms with Gasteiger partial charge in [0.2, 0.25) is 11.8 Å². The van der Waals surface area contributed by atoms with Crippen LogP contribution in [0.4, 0.5) is 5.69 Å². The number of ether oxygens (including phenoxy) is 2. The van der Waals surface area contributed by atoms with Crippen molar-refractivity contribution in [3.05, 3.63) is 82.9 Å². The average Bonchev–Trinajstić information content (AvgIpc) is 2.94. The van der Waals surface area contributed by atoms with Crippen molar-refractivity contribution in [1.82, 2.24) is 10.2 Å². The molecule has 0 saturated carbocycles. The molecule has 39 heavy (non-hydrogen) atoms. The Kier molecular flexibility index (Phi) is 9.82. The number of benzene rings is 3. The van der Waals surface area contributed by atoms with Crippen molar-refractivity contribution in [2.75, 3.05) is 32.1 Å². The minimum Gasteiger partial charge on any atom is -0.497 e. The van der Waals surface area contributed by atoms with E-state index >= 15 is 0 Å². The van der Waals surface area contributed by atoms with Crippen molar-refractivity contribution in [2.45, 2.75) is 31.3 Å². The van der Waals surface area contributed by atoms with Gasteiger partial charge in [0.15, 0.2) is 0 Å². The van der Waals surface area contributed by atoms with E-state index in [4.69, 9.17) is 21.1 Å². The zero-order valence-corrected chi connectivity index (χ0v) is 24.0. The average molecular weight is 574 g/mol. The van der Waals surface area contributed by atoms with Crippen LogP contribution in [0.3, 0.4) is 0 Å². The number of carbonyl (C=O) groups excluding carboxylic acids is 2. The molecule has 1 atom stereocenters. The Hall–Kier alpha value is -3.76. The van der Waals surface area contributed by atoms with Crippen LogP contribution < -0.4 is 19.1 Å². The third-order valence-electron chi connectivity index (χ3n) is 6.24. The Balaban J connectivity index is 2.05. The van der Waals surface area contributed by atoms with Crippen LogP contribution in [0.1, 0.15) is 18.1 Å². The van der Waals surface area contributed by atoms with Gasteiger partial charge in [0.25, 0.3) is 10.0 Å². The minimum atomic E-state index is -4.20. The summed E-state index contributed by atoms with van der Waals surface area (Å²) >= 11 is 6.33. The molecule has 0 aliphatic carbocycles. The molecule has 0 bridgehead atoms. The summed E-state index contributed by atoms with van der Waals surface area (Å²) in [5.41, 5.74) is 1.79. The lowest BCUT2D eigenvalue weighted by Crippen LogP contribution is -2.50. The van der Waals surface area contributed by atoms with E-state index in [1.807, 2.05) is 6.92 Å². The molecule has 9 nitrogen and oxygen atoms in total. The zero-order chi connectivity index (χ0) is 28.7. The van der Waals surface area contributed by atoms with E-state index in [2.05, 4.69) is 5.32 Å². The lowest BCUT2D eigenvalue weighted by molar-refractivity contribution is -0.139. The molecule has 2 amide bonds. The highest BCUT2D eigenvalue weighted by Crippen LogP contribution is 2.32. The van der Waals surface area contributed by atoms with Crippen LogP contribution >= 0.6 is 11.6 Å². The predicted octanol–water partition coefficient (Wildman–Crippen LogP) is 4.02. The van der Waals surface area contributed by atoms with Gasteiger partial charge >= 0.3 is 0 Å². The number of rotatable bonds is 11. The monoisotopic (exact) mass is 573 g/mol. The number of aryl methyl sites for hydroxylation is 1. The van der Waals surface area contributed by atoms with Crippen molar-refractivity contribution in [2.24, 2.45) is 0 Å². The molecule has 0 aliphatic heterocycles. The van der Waals surface area contributed by atoms with Gasteiger partial charge in [-0.25, -0.2) is 8.42 Å². The molecule has 3 aromatic carbocycles. The quantitative estimate of drug-likeness (QED) is 0.371. The fourth-order valence-electron chi connectivity index (χ4n) is 3.90. The van der Waals surface area contributed by atoms with E-state index in [9.17, 15) is 18.0 Å². The van der Waals surface area contributed by atoms with Gasteiger partial charge in [-0.1, -0.05) is 41.4 Å². The number of nitrogens with one attached hydrogen (secondary N) is 1. The van der Waals surface area contributed by atoms with Crippen LogP contribution in [0, 0.1) is 6.92 Å². The molecular formula is C28H32ClN3O6S. The molecule has 208 valence electrons. The summed E-state index contributed by atoms with van der Waals surface area (Å²) in [5, 5.41) is 2.74. The SMILES string of the molecule is CNC(=O)[C@@H](C)N(Cc1ccc(OC)cc1)C(=O)CN(c1ccc(OC)c(Cl)c1)S(=O)(=O)c1ccc(C)cc1. The molecule has 3 rings (SSSR count).